The van der Waals surface area contributed by atoms with Gasteiger partial charge in [0.2, 0.25) is 0 Å². The molecule has 1 unspecified atom stereocenters. The van der Waals surface area contributed by atoms with E-state index in [1.807, 2.05) is 0 Å². The minimum atomic E-state index is -0.328. The van der Waals surface area contributed by atoms with Crippen LogP contribution in [0.25, 0.3) is 11.0 Å². The van der Waals surface area contributed by atoms with Crippen molar-refractivity contribution in [3.05, 3.63) is 30.3 Å². The Hall–Kier alpha value is -1.84. The molecule has 16 heavy (non-hydrogen) atoms. The number of hydrogen-bond acceptors (Lipinski definition) is 4. The molecule has 0 radical (unpaired) electrons. The maximum Gasteiger partial charge on any atom is 0.313 e. The van der Waals surface area contributed by atoms with Gasteiger partial charge in [-0.25, -0.2) is 0 Å². The van der Waals surface area contributed by atoms with Gasteiger partial charge in [-0.2, -0.15) is 0 Å². The first kappa shape index (κ1) is 10.7. The SMILES string of the molecule is CCOC(=O)C(C)c1coc2ccncc12. The summed E-state index contributed by atoms with van der Waals surface area (Å²) in [5.41, 5.74) is 1.56. The number of aromatic nitrogens is 1. The number of pyridine rings is 1. The molecular weight excluding hydrogens is 206 g/mol. The second-order valence-electron chi connectivity index (χ2n) is 3.54. The molecule has 2 aromatic rings. The van der Waals surface area contributed by atoms with Gasteiger partial charge in [0, 0.05) is 23.3 Å². The van der Waals surface area contributed by atoms with E-state index in [0.717, 1.165) is 16.5 Å². The number of carbonyl (C=O) groups excluding carboxylic acids is 1. The van der Waals surface area contributed by atoms with Gasteiger partial charge in [0.25, 0.3) is 0 Å². The van der Waals surface area contributed by atoms with Crippen LogP contribution in [0.15, 0.2) is 29.1 Å². The van der Waals surface area contributed by atoms with Crippen molar-refractivity contribution in [3.63, 3.8) is 0 Å². The monoisotopic (exact) mass is 219 g/mol. The van der Waals surface area contributed by atoms with Gasteiger partial charge in [0.15, 0.2) is 0 Å². The van der Waals surface area contributed by atoms with Crippen LogP contribution in [-0.2, 0) is 9.53 Å². The lowest BCUT2D eigenvalue weighted by Gasteiger charge is -2.08. The molecule has 0 saturated carbocycles. The molecule has 1 atom stereocenters. The Balaban J connectivity index is 2.36. The Morgan fingerprint density at radius 3 is 3.19 bits per heavy atom. The molecule has 4 heteroatoms. The van der Waals surface area contributed by atoms with E-state index in [2.05, 4.69) is 4.98 Å². The molecular formula is C12H13NO3. The van der Waals surface area contributed by atoms with E-state index in [4.69, 9.17) is 9.15 Å². The molecule has 2 heterocycles. The summed E-state index contributed by atoms with van der Waals surface area (Å²) >= 11 is 0. The summed E-state index contributed by atoms with van der Waals surface area (Å²) < 4.78 is 10.3. The van der Waals surface area contributed by atoms with Crippen LogP contribution in [0, 0.1) is 0 Å². The molecule has 2 rings (SSSR count). The molecule has 0 aliphatic heterocycles. The van der Waals surface area contributed by atoms with Crippen molar-refractivity contribution in [3.8, 4) is 0 Å². The topological polar surface area (TPSA) is 52.3 Å². The molecule has 0 aromatic carbocycles. The van der Waals surface area contributed by atoms with Crippen molar-refractivity contribution >= 4 is 16.9 Å². The molecule has 0 aliphatic rings. The van der Waals surface area contributed by atoms with E-state index in [9.17, 15) is 4.79 Å². The molecule has 2 aromatic heterocycles. The van der Waals surface area contributed by atoms with Crippen LogP contribution in [0.1, 0.15) is 25.3 Å². The van der Waals surface area contributed by atoms with Gasteiger partial charge in [-0.05, 0) is 19.9 Å². The third-order valence-electron chi connectivity index (χ3n) is 2.51. The van der Waals surface area contributed by atoms with Gasteiger partial charge in [0.05, 0.1) is 18.8 Å². The highest BCUT2D eigenvalue weighted by Gasteiger charge is 2.20. The van der Waals surface area contributed by atoms with Crippen LogP contribution in [0.3, 0.4) is 0 Å². The van der Waals surface area contributed by atoms with E-state index in [-0.39, 0.29) is 11.9 Å². The molecule has 0 saturated heterocycles. The molecule has 84 valence electrons. The predicted octanol–water partition coefficient (Wildman–Crippen LogP) is 2.49. The summed E-state index contributed by atoms with van der Waals surface area (Å²) in [5, 5.41) is 0.864. The number of fused-ring (bicyclic) bond motifs is 1. The van der Waals surface area contributed by atoms with E-state index < -0.39 is 0 Å². The Morgan fingerprint density at radius 2 is 2.44 bits per heavy atom. The van der Waals surface area contributed by atoms with Crippen LogP contribution in [0.4, 0.5) is 0 Å². The summed E-state index contributed by atoms with van der Waals surface area (Å²) in [6.07, 6.45) is 4.95. The fourth-order valence-corrected chi connectivity index (χ4v) is 1.62. The Labute approximate surface area is 93.2 Å². The molecule has 0 bridgehead atoms. The van der Waals surface area contributed by atoms with Crippen molar-refractivity contribution in [2.24, 2.45) is 0 Å². The summed E-state index contributed by atoms with van der Waals surface area (Å²) in [6.45, 7) is 3.98. The maximum absolute atomic E-state index is 11.6. The average Bonchev–Trinajstić information content (AvgIpc) is 2.72. The number of ether oxygens (including phenoxy) is 1. The lowest BCUT2D eigenvalue weighted by Crippen LogP contribution is -2.12. The summed E-state index contributed by atoms with van der Waals surface area (Å²) in [7, 11) is 0. The minimum absolute atomic E-state index is 0.242. The zero-order valence-corrected chi connectivity index (χ0v) is 9.27. The highest BCUT2D eigenvalue weighted by atomic mass is 16.5. The lowest BCUT2D eigenvalue weighted by atomic mass is 10.0. The molecule has 0 aliphatic carbocycles. The fraction of sp³-hybridized carbons (Fsp3) is 0.333. The van der Waals surface area contributed by atoms with Gasteiger partial charge in [-0.15, -0.1) is 0 Å². The first-order chi connectivity index (χ1) is 7.74. The highest BCUT2D eigenvalue weighted by molar-refractivity contribution is 5.87. The molecule has 0 amide bonds. The van der Waals surface area contributed by atoms with Crippen molar-refractivity contribution in [1.82, 2.24) is 4.98 Å². The Morgan fingerprint density at radius 1 is 1.62 bits per heavy atom. The van der Waals surface area contributed by atoms with Crippen LogP contribution < -0.4 is 0 Å². The Kier molecular flexibility index (Phi) is 2.90. The van der Waals surface area contributed by atoms with Crippen molar-refractivity contribution in [1.29, 1.82) is 0 Å². The van der Waals surface area contributed by atoms with Gasteiger partial charge in [0.1, 0.15) is 5.58 Å². The van der Waals surface area contributed by atoms with Gasteiger partial charge in [-0.3, -0.25) is 9.78 Å². The standard InChI is InChI=1S/C12H13NO3/c1-3-15-12(14)8(2)10-7-16-11-4-5-13-6-9(10)11/h4-8H,3H2,1-2H3. The normalized spacial score (nSPS) is 12.6. The number of hydrogen-bond donors (Lipinski definition) is 0. The first-order valence-electron chi connectivity index (χ1n) is 5.21. The highest BCUT2D eigenvalue weighted by Crippen LogP contribution is 2.27. The number of esters is 1. The third kappa shape index (κ3) is 1.78. The smallest absolute Gasteiger partial charge is 0.313 e. The summed E-state index contributed by atoms with van der Waals surface area (Å²) in [6, 6.07) is 1.77. The van der Waals surface area contributed by atoms with E-state index in [1.165, 1.54) is 0 Å². The molecule has 0 fully saturated rings. The number of carbonyl (C=O) groups is 1. The van der Waals surface area contributed by atoms with Crippen molar-refractivity contribution < 1.29 is 13.9 Å². The molecule has 0 N–H and O–H groups in total. The van der Waals surface area contributed by atoms with E-state index in [1.54, 1.807) is 38.6 Å². The molecule has 4 nitrogen and oxygen atoms in total. The van der Waals surface area contributed by atoms with Crippen LogP contribution in [0.2, 0.25) is 0 Å². The zero-order valence-electron chi connectivity index (χ0n) is 9.27. The van der Waals surface area contributed by atoms with Crippen molar-refractivity contribution in [2.75, 3.05) is 6.61 Å². The van der Waals surface area contributed by atoms with Crippen LogP contribution in [-0.4, -0.2) is 17.6 Å². The minimum Gasteiger partial charge on any atom is -0.466 e. The number of nitrogens with zero attached hydrogens (tertiary/aromatic N) is 1. The Bertz CT molecular complexity index is 504. The van der Waals surface area contributed by atoms with Crippen molar-refractivity contribution in [2.45, 2.75) is 19.8 Å². The largest absolute Gasteiger partial charge is 0.466 e. The number of furan rings is 1. The summed E-state index contributed by atoms with van der Waals surface area (Å²) in [5.74, 6) is -0.570. The zero-order chi connectivity index (χ0) is 11.5. The van der Waals surface area contributed by atoms with E-state index >= 15 is 0 Å². The third-order valence-corrected chi connectivity index (χ3v) is 2.51. The summed E-state index contributed by atoms with van der Waals surface area (Å²) in [4.78, 5) is 15.6. The molecule has 0 spiro atoms. The lowest BCUT2D eigenvalue weighted by molar-refractivity contribution is -0.144. The predicted molar refractivity (Wildman–Crippen MR) is 59.1 cm³/mol. The average molecular weight is 219 g/mol. The van der Waals surface area contributed by atoms with Crippen LogP contribution in [0.5, 0.6) is 0 Å². The van der Waals surface area contributed by atoms with Gasteiger partial charge >= 0.3 is 5.97 Å². The van der Waals surface area contributed by atoms with Crippen LogP contribution >= 0.6 is 0 Å². The fourth-order valence-electron chi connectivity index (χ4n) is 1.62. The maximum atomic E-state index is 11.6. The second kappa shape index (κ2) is 4.35. The van der Waals surface area contributed by atoms with E-state index in [0.29, 0.717) is 6.61 Å². The quantitative estimate of drug-likeness (QED) is 0.744. The number of rotatable bonds is 3. The van der Waals surface area contributed by atoms with Gasteiger partial charge in [-0.1, -0.05) is 0 Å². The van der Waals surface area contributed by atoms with Gasteiger partial charge < -0.3 is 9.15 Å². The first-order valence-corrected chi connectivity index (χ1v) is 5.21. The second-order valence-corrected chi connectivity index (χ2v) is 3.54.